The first kappa shape index (κ1) is 18.9. The zero-order valence-corrected chi connectivity index (χ0v) is 16.4. The molecular weight excluding hydrogens is 370 g/mol. The van der Waals surface area contributed by atoms with Crippen molar-refractivity contribution in [3.8, 4) is 5.75 Å². The summed E-state index contributed by atoms with van der Waals surface area (Å²) in [5.74, 6) is -0.263. The van der Waals surface area contributed by atoms with Gasteiger partial charge in [-0.3, -0.25) is 4.79 Å². The minimum absolute atomic E-state index is 0.233. The molecule has 1 unspecified atom stereocenters. The fourth-order valence-electron chi connectivity index (χ4n) is 3.87. The molecular formula is C22H23N3O4. The monoisotopic (exact) mass is 393 g/mol. The molecule has 3 aromatic rings. The van der Waals surface area contributed by atoms with Gasteiger partial charge >= 0.3 is 12.0 Å². The Morgan fingerprint density at radius 2 is 1.97 bits per heavy atom. The SMILES string of the molecule is CNC(=O)N1Cc2[nH]c3cccc(OCc4ccccc4)c3c2C(C(=O)OC)C1. The molecule has 1 aliphatic rings. The van der Waals surface area contributed by atoms with Gasteiger partial charge in [-0.1, -0.05) is 36.4 Å². The molecule has 0 bridgehead atoms. The predicted molar refractivity (Wildman–Crippen MR) is 109 cm³/mol. The van der Waals surface area contributed by atoms with Gasteiger partial charge in [0.15, 0.2) is 0 Å². The first-order valence-electron chi connectivity index (χ1n) is 9.47. The van der Waals surface area contributed by atoms with Gasteiger partial charge in [0.25, 0.3) is 0 Å². The minimum Gasteiger partial charge on any atom is -0.488 e. The summed E-state index contributed by atoms with van der Waals surface area (Å²) in [5.41, 5.74) is 3.59. The number of aromatic nitrogens is 1. The van der Waals surface area contributed by atoms with E-state index in [0.29, 0.717) is 18.9 Å². The van der Waals surface area contributed by atoms with Crippen LogP contribution < -0.4 is 10.1 Å². The fourth-order valence-corrected chi connectivity index (χ4v) is 3.87. The van der Waals surface area contributed by atoms with Crippen LogP contribution in [0.4, 0.5) is 4.79 Å². The number of esters is 1. The maximum Gasteiger partial charge on any atom is 0.317 e. The number of benzene rings is 2. The summed E-state index contributed by atoms with van der Waals surface area (Å²) in [6.07, 6.45) is 0. The topological polar surface area (TPSA) is 83.7 Å². The van der Waals surface area contributed by atoms with Gasteiger partial charge in [-0.05, 0) is 17.7 Å². The molecule has 0 spiro atoms. The zero-order valence-electron chi connectivity index (χ0n) is 16.4. The number of nitrogens with one attached hydrogen (secondary N) is 2. The molecule has 4 rings (SSSR count). The number of ether oxygens (including phenoxy) is 2. The summed E-state index contributed by atoms with van der Waals surface area (Å²) >= 11 is 0. The van der Waals surface area contributed by atoms with Gasteiger partial charge in [0, 0.05) is 35.8 Å². The van der Waals surface area contributed by atoms with Crippen molar-refractivity contribution >= 4 is 22.9 Å². The maximum absolute atomic E-state index is 12.6. The Balaban J connectivity index is 1.76. The van der Waals surface area contributed by atoms with Crippen LogP contribution in [0, 0.1) is 0 Å². The standard InChI is InChI=1S/C22H23N3O4/c1-23-22(27)25-11-15(21(26)28-2)19-17(12-25)24-16-9-6-10-18(20(16)19)29-13-14-7-4-3-5-8-14/h3-10,15,24H,11-13H2,1-2H3,(H,23,27). The summed E-state index contributed by atoms with van der Waals surface area (Å²) in [6, 6.07) is 15.4. The number of amides is 2. The van der Waals surface area contributed by atoms with E-state index in [1.807, 2.05) is 48.5 Å². The van der Waals surface area contributed by atoms with Crippen LogP contribution in [0.15, 0.2) is 48.5 Å². The number of fused-ring (bicyclic) bond motifs is 3. The smallest absolute Gasteiger partial charge is 0.317 e. The summed E-state index contributed by atoms with van der Waals surface area (Å²) in [5, 5.41) is 3.49. The second kappa shape index (κ2) is 7.87. The largest absolute Gasteiger partial charge is 0.488 e. The quantitative estimate of drug-likeness (QED) is 0.667. The molecule has 0 saturated carbocycles. The molecule has 2 amide bonds. The van der Waals surface area contributed by atoms with Crippen LogP contribution >= 0.6 is 0 Å². The third kappa shape index (κ3) is 3.51. The van der Waals surface area contributed by atoms with Crippen molar-refractivity contribution in [2.45, 2.75) is 19.1 Å². The third-order valence-electron chi connectivity index (χ3n) is 5.23. The number of urea groups is 1. The average molecular weight is 393 g/mol. The van der Waals surface area contributed by atoms with Crippen LogP contribution in [0.1, 0.15) is 22.7 Å². The Kier molecular flexibility index (Phi) is 5.12. The van der Waals surface area contributed by atoms with Crippen molar-refractivity contribution in [3.63, 3.8) is 0 Å². The average Bonchev–Trinajstić information content (AvgIpc) is 3.15. The third-order valence-corrected chi connectivity index (χ3v) is 5.23. The summed E-state index contributed by atoms with van der Waals surface area (Å²) in [6.45, 7) is 1.06. The number of carbonyl (C=O) groups is 2. The van der Waals surface area contributed by atoms with E-state index in [1.165, 1.54) is 7.11 Å². The van der Waals surface area contributed by atoms with Gasteiger partial charge in [-0.25, -0.2) is 4.79 Å². The normalized spacial score (nSPS) is 15.7. The number of H-pyrrole nitrogens is 1. The molecule has 7 nitrogen and oxygen atoms in total. The van der Waals surface area contributed by atoms with Crippen molar-refractivity contribution in [2.24, 2.45) is 0 Å². The van der Waals surface area contributed by atoms with Crippen LogP contribution in [-0.4, -0.2) is 42.6 Å². The number of hydrogen-bond donors (Lipinski definition) is 2. The van der Waals surface area contributed by atoms with E-state index in [4.69, 9.17) is 9.47 Å². The van der Waals surface area contributed by atoms with Gasteiger partial charge in [-0.2, -0.15) is 0 Å². The van der Waals surface area contributed by atoms with E-state index in [-0.39, 0.29) is 18.5 Å². The molecule has 0 saturated heterocycles. The molecule has 2 heterocycles. The highest BCUT2D eigenvalue weighted by atomic mass is 16.5. The molecule has 7 heteroatoms. The highest BCUT2D eigenvalue weighted by molar-refractivity contribution is 5.96. The number of hydrogen-bond acceptors (Lipinski definition) is 4. The Morgan fingerprint density at radius 1 is 1.17 bits per heavy atom. The number of nitrogens with zero attached hydrogens (tertiary/aromatic N) is 1. The predicted octanol–water partition coefficient (Wildman–Crippen LogP) is 3.16. The van der Waals surface area contributed by atoms with Crippen LogP contribution in [0.2, 0.25) is 0 Å². The molecule has 0 radical (unpaired) electrons. The highest BCUT2D eigenvalue weighted by Gasteiger charge is 2.36. The van der Waals surface area contributed by atoms with Crippen molar-refractivity contribution in [1.82, 2.24) is 15.2 Å². The lowest BCUT2D eigenvalue weighted by Gasteiger charge is -2.31. The number of methoxy groups -OCH3 is 1. The van der Waals surface area contributed by atoms with Crippen molar-refractivity contribution in [2.75, 3.05) is 20.7 Å². The van der Waals surface area contributed by atoms with Crippen LogP contribution in [0.5, 0.6) is 5.75 Å². The van der Waals surface area contributed by atoms with E-state index in [0.717, 1.165) is 27.7 Å². The molecule has 1 aliphatic heterocycles. The fraction of sp³-hybridized carbons (Fsp3) is 0.273. The lowest BCUT2D eigenvalue weighted by molar-refractivity contribution is -0.143. The van der Waals surface area contributed by atoms with Gasteiger partial charge in [0.1, 0.15) is 18.3 Å². The Morgan fingerprint density at radius 3 is 2.69 bits per heavy atom. The highest BCUT2D eigenvalue weighted by Crippen LogP contribution is 2.40. The molecule has 29 heavy (non-hydrogen) atoms. The Labute approximate surface area is 168 Å². The van der Waals surface area contributed by atoms with Gasteiger partial charge in [0.2, 0.25) is 0 Å². The van der Waals surface area contributed by atoms with Crippen LogP contribution in [0.3, 0.4) is 0 Å². The molecule has 1 aromatic heterocycles. The van der Waals surface area contributed by atoms with Crippen molar-refractivity contribution < 1.29 is 19.1 Å². The lowest BCUT2D eigenvalue weighted by atomic mass is 9.91. The van der Waals surface area contributed by atoms with Crippen LogP contribution in [-0.2, 0) is 22.7 Å². The number of carbonyl (C=O) groups excluding carboxylic acids is 2. The van der Waals surface area contributed by atoms with Gasteiger partial charge in [0.05, 0.1) is 13.7 Å². The number of rotatable bonds is 4. The maximum atomic E-state index is 12.6. The van der Waals surface area contributed by atoms with Crippen molar-refractivity contribution in [1.29, 1.82) is 0 Å². The summed E-state index contributed by atoms with van der Waals surface area (Å²) in [7, 11) is 2.94. The molecule has 0 fully saturated rings. The molecule has 1 atom stereocenters. The zero-order chi connectivity index (χ0) is 20.4. The Bertz CT molecular complexity index is 1040. The lowest BCUT2D eigenvalue weighted by Crippen LogP contribution is -2.44. The molecule has 150 valence electrons. The second-order valence-corrected chi connectivity index (χ2v) is 6.98. The van der Waals surface area contributed by atoms with E-state index in [9.17, 15) is 9.59 Å². The van der Waals surface area contributed by atoms with E-state index < -0.39 is 5.92 Å². The number of aromatic amines is 1. The minimum atomic E-state index is -0.587. The van der Waals surface area contributed by atoms with E-state index in [2.05, 4.69) is 10.3 Å². The van der Waals surface area contributed by atoms with E-state index >= 15 is 0 Å². The van der Waals surface area contributed by atoms with Crippen LogP contribution in [0.25, 0.3) is 10.9 Å². The first-order valence-corrected chi connectivity index (χ1v) is 9.47. The first-order chi connectivity index (χ1) is 14.1. The molecule has 2 N–H and O–H groups in total. The molecule has 2 aromatic carbocycles. The van der Waals surface area contributed by atoms with E-state index in [1.54, 1.807) is 11.9 Å². The second-order valence-electron chi connectivity index (χ2n) is 6.98. The summed E-state index contributed by atoms with van der Waals surface area (Å²) in [4.78, 5) is 29.7. The van der Waals surface area contributed by atoms with Gasteiger partial charge in [-0.15, -0.1) is 0 Å². The molecule has 0 aliphatic carbocycles. The van der Waals surface area contributed by atoms with Crippen molar-refractivity contribution in [3.05, 3.63) is 65.4 Å². The van der Waals surface area contributed by atoms with Gasteiger partial charge < -0.3 is 24.7 Å². The Hall–Kier alpha value is -3.48. The summed E-state index contributed by atoms with van der Waals surface area (Å²) < 4.78 is 11.2.